The van der Waals surface area contributed by atoms with Gasteiger partial charge in [0.2, 0.25) is 0 Å². The molecule has 0 aromatic heterocycles. The molecule has 1 aromatic rings. The van der Waals surface area contributed by atoms with Crippen molar-refractivity contribution in [1.82, 2.24) is 0 Å². The second kappa shape index (κ2) is 3.73. The van der Waals surface area contributed by atoms with Crippen molar-refractivity contribution in [3.63, 3.8) is 0 Å². The molecule has 0 heterocycles. The molecule has 1 saturated carbocycles. The molecule has 0 unspecified atom stereocenters. The number of nitro groups is 1. The summed E-state index contributed by atoms with van der Waals surface area (Å²) in [5.74, 6) is -1.04. The minimum absolute atomic E-state index is 0.0747. The lowest BCUT2D eigenvalue weighted by Crippen LogP contribution is -2.13. The van der Waals surface area contributed by atoms with Crippen LogP contribution in [0.1, 0.15) is 24.8 Å². The highest BCUT2D eigenvalue weighted by atomic mass is 16.6. The Morgan fingerprint density at radius 1 is 1.47 bits per heavy atom. The maximum absolute atomic E-state index is 10.7. The fourth-order valence-corrected chi connectivity index (χ4v) is 2.04. The van der Waals surface area contributed by atoms with Crippen molar-refractivity contribution in [2.75, 3.05) is 0 Å². The quantitative estimate of drug-likeness (QED) is 0.614. The molecular formula is C11H11NO5. The third-order valence-corrected chi connectivity index (χ3v) is 3.11. The molecule has 2 N–H and O–H groups in total. The van der Waals surface area contributed by atoms with Crippen molar-refractivity contribution in [2.24, 2.45) is 0 Å². The van der Waals surface area contributed by atoms with Crippen molar-refractivity contribution < 1.29 is 19.9 Å². The van der Waals surface area contributed by atoms with Crippen LogP contribution in [0.2, 0.25) is 0 Å². The Bertz CT molecular complexity index is 493. The average Bonchev–Trinajstić information content (AvgIpc) is 2.97. The third-order valence-electron chi connectivity index (χ3n) is 3.11. The second-order valence-corrected chi connectivity index (χ2v) is 4.31. The number of hydrogen-bond acceptors (Lipinski definition) is 4. The highest BCUT2D eigenvalue weighted by Crippen LogP contribution is 2.54. The van der Waals surface area contributed by atoms with E-state index in [9.17, 15) is 20.0 Å². The van der Waals surface area contributed by atoms with E-state index in [2.05, 4.69) is 0 Å². The lowest BCUT2D eigenvalue weighted by Gasteiger charge is -2.14. The summed E-state index contributed by atoms with van der Waals surface area (Å²) in [7, 11) is 0. The molecular weight excluding hydrogens is 226 g/mol. The first-order valence-corrected chi connectivity index (χ1v) is 5.14. The number of nitrogens with zero attached hydrogens (tertiary/aromatic N) is 1. The largest absolute Gasteiger partial charge is 0.508 e. The fraction of sp³-hybridized carbons (Fsp3) is 0.364. The van der Waals surface area contributed by atoms with Gasteiger partial charge in [-0.25, -0.2) is 0 Å². The zero-order chi connectivity index (χ0) is 12.6. The van der Waals surface area contributed by atoms with Crippen LogP contribution in [0.25, 0.3) is 0 Å². The molecule has 0 aliphatic heterocycles. The van der Waals surface area contributed by atoms with Gasteiger partial charge in [-0.1, -0.05) is 0 Å². The first-order chi connectivity index (χ1) is 7.94. The predicted molar refractivity (Wildman–Crippen MR) is 57.9 cm³/mol. The Morgan fingerprint density at radius 3 is 2.59 bits per heavy atom. The Kier molecular flexibility index (Phi) is 2.49. The van der Waals surface area contributed by atoms with Gasteiger partial charge in [0, 0.05) is 23.1 Å². The number of carboxylic acids is 1. The molecule has 1 fully saturated rings. The number of aliphatic carboxylic acids is 1. The van der Waals surface area contributed by atoms with Crippen LogP contribution < -0.4 is 0 Å². The summed E-state index contributed by atoms with van der Waals surface area (Å²) in [4.78, 5) is 20.8. The lowest BCUT2D eigenvalue weighted by molar-refractivity contribution is -0.385. The summed E-state index contributed by atoms with van der Waals surface area (Å²) in [6.07, 6.45) is 1.16. The van der Waals surface area contributed by atoms with E-state index in [0.29, 0.717) is 18.4 Å². The highest BCUT2D eigenvalue weighted by molar-refractivity contribution is 5.71. The smallest absolute Gasteiger partial charge is 0.304 e. The van der Waals surface area contributed by atoms with Crippen LogP contribution in [0.4, 0.5) is 5.69 Å². The molecule has 6 nitrogen and oxygen atoms in total. The van der Waals surface area contributed by atoms with Gasteiger partial charge in [0.05, 0.1) is 11.3 Å². The highest BCUT2D eigenvalue weighted by Gasteiger charge is 2.48. The maximum atomic E-state index is 10.7. The Balaban J connectivity index is 2.41. The molecule has 1 aliphatic rings. The van der Waals surface area contributed by atoms with Crippen molar-refractivity contribution in [3.8, 4) is 5.75 Å². The van der Waals surface area contributed by atoms with E-state index < -0.39 is 16.3 Å². The van der Waals surface area contributed by atoms with Gasteiger partial charge in [-0.3, -0.25) is 14.9 Å². The number of carboxylic acid groups (broad SMARTS) is 1. The predicted octanol–water partition coefficient (Wildman–Crippen LogP) is 1.81. The summed E-state index contributed by atoms with van der Waals surface area (Å²) in [5, 5.41) is 29.1. The molecule has 90 valence electrons. The van der Waals surface area contributed by atoms with E-state index in [1.54, 1.807) is 0 Å². The van der Waals surface area contributed by atoms with Gasteiger partial charge in [-0.2, -0.15) is 0 Å². The number of aromatic hydroxyl groups is 1. The summed E-state index contributed by atoms with van der Waals surface area (Å²) >= 11 is 0. The third kappa shape index (κ3) is 2.06. The number of phenols is 1. The summed E-state index contributed by atoms with van der Waals surface area (Å²) in [6, 6.07) is 3.72. The van der Waals surface area contributed by atoms with Gasteiger partial charge < -0.3 is 10.2 Å². The van der Waals surface area contributed by atoms with Crippen molar-refractivity contribution in [1.29, 1.82) is 0 Å². The zero-order valence-corrected chi connectivity index (χ0v) is 8.92. The molecule has 17 heavy (non-hydrogen) atoms. The van der Waals surface area contributed by atoms with E-state index in [-0.39, 0.29) is 17.9 Å². The minimum atomic E-state index is -0.964. The standard InChI is InChI=1S/C11H11NO5/c13-9-2-1-7(12(16)17)5-8(9)11(3-4-11)6-10(14)15/h1-2,5,13H,3-4,6H2,(H,14,15). The summed E-state index contributed by atoms with van der Waals surface area (Å²) in [6.45, 7) is 0. The molecule has 1 aliphatic carbocycles. The van der Waals surface area contributed by atoms with Gasteiger partial charge in [0.1, 0.15) is 5.75 Å². The van der Waals surface area contributed by atoms with Gasteiger partial charge >= 0.3 is 5.97 Å². The van der Waals surface area contributed by atoms with E-state index in [1.807, 2.05) is 0 Å². The molecule has 0 bridgehead atoms. The topological polar surface area (TPSA) is 101 Å². The van der Waals surface area contributed by atoms with Crippen LogP contribution in [0.15, 0.2) is 18.2 Å². The van der Waals surface area contributed by atoms with Crippen molar-refractivity contribution in [3.05, 3.63) is 33.9 Å². The Morgan fingerprint density at radius 2 is 2.12 bits per heavy atom. The zero-order valence-electron chi connectivity index (χ0n) is 8.92. The SMILES string of the molecule is O=C(O)CC1(c2cc([N+](=O)[O-])ccc2O)CC1. The van der Waals surface area contributed by atoms with Gasteiger partial charge in [0.15, 0.2) is 0 Å². The lowest BCUT2D eigenvalue weighted by atomic mass is 9.91. The Labute approximate surface area is 96.7 Å². The van der Waals surface area contributed by atoms with Crippen LogP contribution in [0.3, 0.4) is 0 Å². The molecule has 2 rings (SSSR count). The molecule has 0 spiro atoms. The Hall–Kier alpha value is -2.11. The minimum Gasteiger partial charge on any atom is -0.508 e. The summed E-state index contributed by atoms with van der Waals surface area (Å²) < 4.78 is 0. The van der Waals surface area contributed by atoms with Crippen LogP contribution >= 0.6 is 0 Å². The molecule has 0 radical (unpaired) electrons. The van der Waals surface area contributed by atoms with Gasteiger partial charge in [0.25, 0.3) is 5.69 Å². The molecule has 0 saturated heterocycles. The number of phenolic OH excluding ortho intramolecular Hbond substituents is 1. The van der Waals surface area contributed by atoms with Crippen molar-refractivity contribution in [2.45, 2.75) is 24.7 Å². The summed E-state index contributed by atoms with van der Waals surface area (Å²) in [5.41, 5.74) is -0.384. The number of hydrogen-bond donors (Lipinski definition) is 2. The van der Waals surface area contributed by atoms with Gasteiger partial charge in [-0.05, 0) is 18.9 Å². The van der Waals surface area contributed by atoms with Crippen LogP contribution in [0, 0.1) is 10.1 Å². The number of nitro benzene ring substituents is 1. The van der Waals surface area contributed by atoms with E-state index in [1.165, 1.54) is 18.2 Å². The normalized spacial score (nSPS) is 16.5. The number of non-ortho nitro benzene ring substituents is 1. The molecule has 1 aromatic carbocycles. The second-order valence-electron chi connectivity index (χ2n) is 4.31. The van der Waals surface area contributed by atoms with Crippen LogP contribution in [0.5, 0.6) is 5.75 Å². The number of carbonyl (C=O) groups is 1. The number of benzene rings is 1. The first-order valence-electron chi connectivity index (χ1n) is 5.14. The van der Waals surface area contributed by atoms with Gasteiger partial charge in [-0.15, -0.1) is 0 Å². The van der Waals surface area contributed by atoms with E-state index in [4.69, 9.17) is 5.11 Å². The van der Waals surface area contributed by atoms with E-state index in [0.717, 1.165) is 0 Å². The van der Waals surface area contributed by atoms with E-state index >= 15 is 0 Å². The molecule has 0 atom stereocenters. The molecule has 0 amide bonds. The number of rotatable bonds is 4. The monoisotopic (exact) mass is 237 g/mol. The van der Waals surface area contributed by atoms with Crippen molar-refractivity contribution >= 4 is 11.7 Å². The maximum Gasteiger partial charge on any atom is 0.304 e. The van der Waals surface area contributed by atoms with Crippen LogP contribution in [-0.2, 0) is 10.2 Å². The first kappa shape index (κ1) is 11.4. The molecule has 6 heteroatoms. The average molecular weight is 237 g/mol. The van der Waals surface area contributed by atoms with Crippen LogP contribution in [-0.4, -0.2) is 21.1 Å². The fourth-order valence-electron chi connectivity index (χ4n) is 2.04.